The Labute approximate surface area is 73.1 Å². The number of imidazole rings is 1. The van der Waals surface area contributed by atoms with Gasteiger partial charge in [0, 0.05) is 6.92 Å². The van der Waals surface area contributed by atoms with Crippen LogP contribution in [0.3, 0.4) is 0 Å². The molecule has 0 saturated heterocycles. The largest absolute Gasteiger partial charge is 0.437 e. The van der Waals surface area contributed by atoms with Crippen molar-refractivity contribution < 1.29 is 14.5 Å². The molecule has 7 nitrogen and oxygen atoms in total. The Hall–Kier alpha value is -1.92. The zero-order valence-corrected chi connectivity index (χ0v) is 6.84. The first kappa shape index (κ1) is 9.17. The van der Waals surface area contributed by atoms with E-state index in [4.69, 9.17) is 0 Å². The Bertz CT molecular complexity index is 332. The molecule has 1 rings (SSSR count). The quantitative estimate of drug-likeness (QED) is 0.384. The maximum absolute atomic E-state index is 10.4. The summed E-state index contributed by atoms with van der Waals surface area (Å²) in [4.78, 5) is 23.5. The molecule has 1 heterocycles. The van der Waals surface area contributed by atoms with Crippen LogP contribution in [-0.4, -0.2) is 20.4 Å². The van der Waals surface area contributed by atoms with Crippen molar-refractivity contribution in [3.63, 3.8) is 0 Å². The molecule has 1 aromatic rings. The normalized spacial score (nSPS) is 9.62. The Kier molecular flexibility index (Phi) is 2.58. The average molecular weight is 185 g/mol. The molecule has 0 aliphatic carbocycles. The number of ether oxygens (including phenoxy) is 1. The van der Waals surface area contributed by atoms with E-state index >= 15 is 0 Å². The predicted octanol–water partition coefficient (Wildman–Crippen LogP) is 0.312. The highest BCUT2D eigenvalue weighted by atomic mass is 16.6. The summed E-state index contributed by atoms with van der Waals surface area (Å²) in [5.41, 5.74) is 0. The fourth-order valence-electron chi connectivity index (χ4n) is 0.735. The molecule has 0 spiro atoms. The van der Waals surface area contributed by atoms with Crippen LogP contribution in [0, 0.1) is 10.1 Å². The van der Waals surface area contributed by atoms with Gasteiger partial charge in [-0.05, 0) is 4.92 Å². The van der Waals surface area contributed by atoms with Crippen LogP contribution >= 0.6 is 0 Å². The zero-order valence-electron chi connectivity index (χ0n) is 6.84. The number of carbonyl (C=O) groups is 1. The lowest BCUT2D eigenvalue weighted by atomic mass is 10.8. The zero-order chi connectivity index (χ0) is 9.84. The van der Waals surface area contributed by atoms with E-state index in [2.05, 4.69) is 9.72 Å². The predicted molar refractivity (Wildman–Crippen MR) is 40.6 cm³/mol. The van der Waals surface area contributed by atoms with Crippen molar-refractivity contribution in [1.29, 1.82) is 0 Å². The van der Waals surface area contributed by atoms with Crippen LogP contribution in [-0.2, 0) is 16.3 Å². The van der Waals surface area contributed by atoms with Gasteiger partial charge in [0.15, 0.2) is 0 Å². The molecular weight excluding hydrogens is 178 g/mol. The molecular formula is C6H7N3O4. The molecule has 0 aliphatic heterocycles. The highest BCUT2D eigenvalue weighted by molar-refractivity contribution is 5.65. The van der Waals surface area contributed by atoms with Crippen LogP contribution in [0.15, 0.2) is 12.4 Å². The van der Waals surface area contributed by atoms with Crippen LogP contribution in [0.2, 0.25) is 0 Å². The number of rotatable bonds is 3. The van der Waals surface area contributed by atoms with Gasteiger partial charge in [-0.15, -0.1) is 0 Å². The number of nitrogens with zero attached hydrogens (tertiary/aromatic N) is 3. The molecule has 0 fully saturated rings. The lowest BCUT2D eigenvalue weighted by Gasteiger charge is -2.00. The summed E-state index contributed by atoms with van der Waals surface area (Å²) in [6.07, 6.45) is 2.63. The van der Waals surface area contributed by atoms with Crippen molar-refractivity contribution in [2.45, 2.75) is 13.7 Å². The van der Waals surface area contributed by atoms with E-state index in [0.29, 0.717) is 0 Å². The summed E-state index contributed by atoms with van der Waals surface area (Å²) < 4.78 is 5.68. The smallest absolute Gasteiger partial charge is 0.431 e. The fraction of sp³-hybridized carbons (Fsp3) is 0.333. The minimum atomic E-state index is -0.649. The van der Waals surface area contributed by atoms with Gasteiger partial charge >= 0.3 is 11.9 Å². The number of carbonyl (C=O) groups excluding carboxylic acids is 1. The third-order valence-corrected chi connectivity index (χ3v) is 1.26. The standard InChI is InChI=1S/C6H7N3O4/c1-5(10)13-4-8-3-2-7-6(8)9(11)12/h2-3H,4H2,1H3. The molecule has 0 bridgehead atoms. The average Bonchev–Trinajstić information content (AvgIpc) is 2.47. The Morgan fingerprint density at radius 3 is 3.08 bits per heavy atom. The van der Waals surface area contributed by atoms with E-state index in [1.54, 1.807) is 0 Å². The minimum Gasteiger partial charge on any atom is -0.431 e. The Morgan fingerprint density at radius 1 is 1.85 bits per heavy atom. The van der Waals surface area contributed by atoms with Gasteiger partial charge in [0.05, 0.1) is 0 Å². The molecule has 0 saturated carbocycles. The molecule has 0 amide bonds. The monoisotopic (exact) mass is 185 g/mol. The molecule has 1 aromatic heterocycles. The first-order valence-corrected chi connectivity index (χ1v) is 3.40. The van der Waals surface area contributed by atoms with Crippen LogP contribution in [0.5, 0.6) is 0 Å². The van der Waals surface area contributed by atoms with Gasteiger partial charge in [0.1, 0.15) is 12.4 Å². The molecule has 7 heteroatoms. The van der Waals surface area contributed by atoms with Gasteiger partial charge in [0.25, 0.3) is 0 Å². The van der Waals surface area contributed by atoms with Gasteiger partial charge in [0.2, 0.25) is 6.73 Å². The molecule has 0 atom stereocenters. The van der Waals surface area contributed by atoms with Gasteiger partial charge in [-0.25, -0.2) is 0 Å². The molecule has 0 radical (unpaired) electrons. The SMILES string of the molecule is CC(=O)OCn1ccnc1[N+](=O)[O-]. The number of aromatic nitrogens is 2. The van der Waals surface area contributed by atoms with E-state index in [1.807, 2.05) is 0 Å². The van der Waals surface area contributed by atoms with Gasteiger partial charge in [-0.1, -0.05) is 4.98 Å². The first-order chi connectivity index (χ1) is 6.11. The van der Waals surface area contributed by atoms with Crippen LogP contribution in [0.4, 0.5) is 5.95 Å². The first-order valence-electron chi connectivity index (χ1n) is 3.40. The second kappa shape index (κ2) is 3.65. The van der Waals surface area contributed by atoms with E-state index in [-0.39, 0.29) is 12.7 Å². The maximum Gasteiger partial charge on any atom is 0.437 e. The van der Waals surface area contributed by atoms with E-state index in [9.17, 15) is 14.9 Å². The van der Waals surface area contributed by atoms with E-state index in [1.165, 1.54) is 19.3 Å². The van der Waals surface area contributed by atoms with E-state index in [0.717, 1.165) is 4.57 Å². The summed E-state index contributed by atoms with van der Waals surface area (Å²) in [7, 11) is 0. The van der Waals surface area contributed by atoms with Crippen molar-refractivity contribution in [2.75, 3.05) is 0 Å². The highest BCUT2D eigenvalue weighted by Crippen LogP contribution is 2.06. The molecule has 0 aromatic carbocycles. The molecule has 13 heavy (non-hydrogen) atoms. The van der Waals surface area contributed by atoms with Crippen molar-refractivity contribution in [1.82, 2.24) is 9.55 Å². The fourth-order valence-corrected chi connectivity index (χ4v) is 0.735. The summed E-state index contributed by atoms with van der Waals surface area (Å²) in [5.74, 6) is -0.843. The van der Waals surface area contributed by atoms with Crippen molar-refractivity contribution in [2.24, 2.45) is 0 Å². The lowest BCUT2D eigenvalue weighted by molar-refractivity contribution is -0.397. The third-order valence-electron chi connectivity index (χ3n) is 1.26. The lowest BCUT2D eigenvalue weighted by Crippen LogP contribution is -2.08. The van der Waals surface area contributed by atoms with Crippen LogP contribution in [0.1, 0.15) is 6.92 Å². The molecule has 0 unspecified atom stereocenters. The molecule has 70 valence electrons. The second-order valence-corrected chi connectivity index (χ2v) is 2.22. The highest BCUT2D eigenvalue weighted by Gasteiger charge is 2.13. The Morgan fingerprint density at radius 2 is 2.54 bits per heavy atom. The minimum absolute atomic E-state index is 0.189. The van der Waals surface area contributed by atoms with E-state index < -0.39 is 10.9 Å². The van der Waals surface area contributed by atoms with Crippen molar-refractivity contribution >= 4 is 11.9 Å². The summed E-state index contributed by atoms with van der Waals surface area (Å²) in [6.45, 7) is 1.04. The van der Waals surface area contributed by atoms with Gasteiger partial charge < -0.3 is 14.9 Å². The van der Waals surface area contributed by atoms with Crippen LogP contribution < -0.4 is 0 Å². The molecule has 0 aliphatic rings. The third kappa shape index (κ3) is 2.26. The summed E-state index contributed by atoms with van der Waals surface area (Å²) in [6, 6.07) is 0. The number of hydrogen-bond donors (Lipinski definition) is 0. The summed E-state index contributed by atoms with van der Waals surface area (Å²) in [5, 5.41) is 10.3. The van der Waals surface area contributed by atoms with Gasteiger partial charge in [-0.3, -0.25) is 4.79 Å². The van der Waals surface area contributed by atoms with Crippen LogP contribution in [0.25, 0.3) is 0 Å². The summed E-state index contributed by atoms with van der Waals surface area (Å²) >= 11 is 0. The topological polar surface area (TPSA) is 87.3 Å². The van der Waals surface area contributed by atoms with Gasteiger partial charge in [-0.2, -0.15) is 4.57 Å². The number of nitro groups is 1. The second-order valence-electron chi connectivity index (χ2n) is 2.22. The number of esters is 1. The van der Waals surface area contributed by atoms with Crippen molar-refractivity contribution in [3.8, 4) is 0 Å². The number of hydrogen-bond acceptors (Lipinski definition) is 5. The molecule has 0 N–H and O–H groups in total. The van der Waals surface area contributed by atoms with Crippen molar-refractivity contribution in [3.05, 3.63) is 22.5 Å². The Balaban J connectivity index is 2.71. The maximum atomic E-state index is 10.4.